The van der Waals surface area contributed by atoms with Crippen molar-refractivity contribution in [2.45, 2.75) is 33.6 Å². The van der Waals surface area contributed by atoms with Gasteiger partial charge in [0.1, 0.15) is 0 Å². The van der Waals surface area contributed by atoms with Crippen LogP contribution in [0.1, 0.15) is 33.6 Å². The first kappa shape index (κ1) is 9.56. The summed E-state index contributed by atoms with van der Waals surface area (Å²) >= 11 is 2.50. The summed E-state index contributed by atoms with van der Waals surface area (Å²) in [5.41, 5.74) is 0.911. The molecule has 0 fully saturated rings. The van der Waals surface area contributed by atoms with E-state index >= 15 is 0 Å². The second kappa shape index (κ2) is 3.08. The van der Waals surface area contributed by atoms with Crippen LogP contribution in [0.2, 0.25) is 0 Å². The van der Waals surface area contributed by atoms with Crippen molar-refractivity contribution < 1.29 is 0 Å². The Bertz CT molecular complexity index is 170. The highest BCUT2D eigenvalue weighted by molar-refractivity contribution is 14.1. The first-order chi connectivity index (χ1) is 5.02. The zero-order valence-corrected chi connectivity index (χ0v) is 9.81. The van der Waals surface area contributed by atoms with E-state index in [0.29, 0.717) is 10.8 Å². The molecule has 1 rings (SSSR count). The number of rotatable bonds is 2. The molecule has 1 atom stereocenters. The number of allylic oxidation sites excluding steroid dienone is 2. The van der Waals surface area contributed by atoms with E-state index in [1.807, 2.05) is 0 Å². The molecule has 0 radical (unpaired) electrons. The van der Waals surface area contributed by atoms with Crippen LogP contribution < -0.4 is 0 Å². The van der Waals surface area contributed by atoms with Crippen molar-refractivity contribution in [3.05, 3.63) is 12.2 Å². The van der Waals surface area contributed by atoms with Gasteiger partial charge in [0.05, 0.1) is 0 Å². The lowest BCUT2D eigenvalue weighted by Gasteiger charge is -2.39. The van der Waals surface area contributed by atoms with Crippen LogP contribution in [0.15, 0.2) is 12.2 Å². The molecule has 0 spiro atoms. The van der Waals surface area contributed by atoms with Gasteiger partial charge in [0.15, 0.2) is 0 Å². The number of hydrogen-bond acceptors (Lipinski definition) is 0. The Kier molecular flexibility index (Phi) is 2.67. The molecule has 0 aromatic heterocycles. The van der Waals surface area contributed by atoms with Crippen LogP contribution in [0.25, 0.3) is 0 Å². The van der Waals surface area contributed by atoms with Gasteiger partial charge in [-0.1, -0.05) is 55.5 Å². The van der Waals surface area contributed by atoms with Crippen LogP contribution in [0.5, 0.6) is 0 Å². The van der Waals surface area contributed by atoms with Crippen molar-refractivity contribution in [3.8, 4) is 0 Å². The summed E-state index contributed by atoms with van der Waals surface area (Å²) in [6.45, 7) is 7.12. The van der Waals surface area contributed by atoms with E-state index in [9.17, 15) is 0 Å². The van der Waals surface area contributed by atoms with Gasteiger partial charge in [-0.3, -0.25) is 0 Å². The van der Waals surface area contributed by atoms with Gasteiger partial charge in [0.2, 0.25) is 0 Å². The highest BCUT2D eigenvalue weighted by Gasteiger charge is 2.39. The largest absolute Gasteiger partial charge is 0.0879 e. The highest BCUT2D eigenvalue weighted by atomic mass is 127. The van der Waals surface area contributed by atoms with Gasteiger partial charge in [0.25, 0.3) is 0 Å². The van der Waals surface area contributed by atoms with E-state index < -0.39 is 0 Å². The van der Waals surface area contributed by atoms with Crippen LogP contribution in [-0.2, 0) is 0 Å². The molecule has 0 saturated heterocycles. The summed E-state index contributed by atoms with van der Waals surface area (Å²) in [5, 5.41) is 0. The van der Waals surface area contributed by atoms with Gasteiger partial charge < -0.3 is 0 Å². The average molecular weight is 264 g/mol. The van der Waals surface area contributed by atoms with E-state index in [0.717, 1.165) is 0 Å². The molecule has 0 unspecified atom stereocenters. The van der Waals surface area contributed by atoms with Crippen LogP contribution >= 0.6 is 22.6 Å². The van der Waals surface area contributed by atoms with Crippen LogP contribution in [0, 0.1) is 10.8 Å². The summed E-state index contributed by atoms with van der Waals surface area (Å²) in [5.74, 6) is 0. The fraction of sp³-hybridized carbons (Fsp3) is 0.800. The lowest BCUT2D eigenvalue weighted by molar-refractivity contribution is 0.177. The third-order valence-corrected chi connectivity index (χ3v) is 5.10. The Balaban J connectivity index is 2.79. The van der Waals surface area contributed by atoms with Gasteiger partial charge in [-0.05, 0) is 23.7 Å². The summed E-state index contributed by atoms with van der Waals surface area (Å²) in [4.78, 5) is 0. The van der Waals surface area contributed by atoms with Crippen molar-refractivity contribution in [2.75, 3.05) is 4.43 Å². The Morgan fingerprint density at radius 1 is 1.55 bits per heavy atom. The Hall–Kier alpha value is 0.470. The zero-order valence-electron chi connectivity index (χ0n) is 7.65. The smallest absolute Gasteiger partial charge is 0.00549 e. The minimum Gasteiger partial charge on any atom is -0.0879 e. The van der Waals surface area contributed by atoms with Gasteiger partial charge in [-0.25, -0.2) is 0 Å². The Morgan fingerprint density at radius 2 is 2.18 bits per heavy atom. The molecule has 0 aromatic rings. The topological polar surface area (TPSA) is 0 Å². The predicted octanol–water partition coefficient (Wildman–Crippen LogP) is 3.80. The Morgan fingerprint density at radius 3 is 2.55 bits per heavy atom. The van der Waals surface area contributed by atoms with Gasteiger partial charge in [-0.15, -0.1) is 0 Å². The van der Waals surface area contributed by atoms with E-state index in [1.54, 1.807) is 0 Å². The molecular weight excluding hydrogens is 247 g/mol. The molecule has 0 heterocycles. The Labute approximate surface area is 83.6 Å². The maximum absolute atomic E-state index is 2.50. The molecule has 0 nitrogen and oxygen atoms in total. The molecule has 0 aliphatic heterocycles. The first-order valence-corrected chi connectivity index (χ1v) is 5.78. The first-order valence-electron chi connectivity index (χ1n) is 4.25. The standard InChI is InChI=1S/C10H17I/c1-9(2,8-11)10(3)6-4-5-7-10/h4,6H,5,7-8H2,1-3H3/t10-/m0/s1. The average Bonchev–Trinajstić information content (AvgIpc) is 2.38. The van der Waals surface area contributed by atoms with Crippen molar-refractivity contribution in [1.82, 2.24) is 0 Å². The quantitative estimate of drug-likeness (QED) is 0.404. The van der Waals surface area contributed by atoms with Crippen molar-refractivity contribution in [2.24, 2.45) is 10.8 Å². The van der Waals surface area contributed by atoms with Crippen molar-refractivity contribution in [1.29, 1.82) is 0 Å². The van der Waals surface area contributed by atoms with Crippen molar-refractivity contribution >= 4 is 22.6 Å². The van der Waals surface area contributed by atoms with Gasteiger partial charge >= 0.3 is 0 Å². The number of hydrogen-bond donors (Lipinski definition) is 0. The maximum atomic E-state index is 2.50. The summed E-state index contributed by atoms with van der Waals surface area (Å²) in [6.07, 6.45) is 7.35. The van der Waals surface area contributed by atoms with E-state index in [-0.39, 0.29) is 0 Å². The van der Waals surface area contributed by atoms with Crippen molar-refractivity contribution in [3.63, 3.8) is 0 Å². The summed E-state index contributed by atoms with van der Waals surface area (Å²) in [7, 11) is 0. The zero-order chi connectivity index (χ0) is 8.54. The second-order valence-electron chi connectivity index (χ2n) is 4.38. The predicted molar refractivity (Wildman–Crippen MR) is 59.1 cm³/mol. The fourth-order valence-electron chi connectivity index (χ4n) is 1.53. The molecule has 0 N–H and O–H groups in total. The lowest BCUT2D eigenvalue weighted by atomic mass is 9.68. The molecule has 64 valence electrons. The molecule has 0 amide bonds. The number of halogens is 1. The number of alkyl halides is 1. The molecule has 1 heteroatoms. The molecule has 1 aliphatic rings. The third-order valence-electron chi connectivity index (χ3n) is 3.20. The molecule has 0 bridgehead atoms. The van der Waals surface area contributed by atoms with Gasteiger partial charge in [0, 0.05) is 4.43 Å². The monoisotopic (exact) mass is 264 g/mol. The molecule has 0 aromatic carbocycles. The maximum Gasteiger partial charge on any atom is 0.00549 e. The molecule has 1 aliphatic carbocycles. The molecule has 0 saturated carbocycles. The van der Waals surface area contributed by atoms with Crippen LogP contribution in [0.4, 0.5) is 0 Å². The lowest BCUT2D eigenvalue weighted by Crippen LogP contribution is -2.33. The third kappa shape index (κ3) is 1.63. The van der Waals surface area contributed by atoms with E-state index in [2.05, 4.69) is 55.5 Å². The molecular formula is C10H17I. The van der Waals surface area contributed by atoms with Crippen LogP contribution in [-0.4, -0.2) is 4.43 Å². The minimum absolute atomic E-state index is 0.453. The van der Waals surface area contributed by atoms with E-state index in [4.69, 9.17) is 0 Å². The summed E-state index contributed by atoms with van der Waals surface area (Å²) in [6, 6.07) is 0. The summed E-state index contributed by atoms with van der Waals surface area (Å²) < 4.78 is 1.24. The second-order valence-corrected chi connectivity index (χ2v) is 5.14. The highest BCUT2D eigenvalue weighted by Crippen LogP contribution is 2.47. The normalized spacial score (nSPS) is 31.3. The minimum atomic E-state index is 0.453. The van der Waals surface area contributed by atoms with E-state index in [1.165, 1.54) is 17.3 Å². The SMILES string of the molecule is CC(C)(CI)[C@@]1(C)C=CCC1. The van der Waals surface area contributed by atoms with Crippen LogP contribution in [0.3, 0.4) is 0 Å². The molecule has 11 heavy (non-hydrogen) atoms. The fourth-order valence-corrected chi connectivity index (χ4v) is 2.40. The van der Waals surface area contributed by atoms with Gasteiger partial charge in [-0.2, -0.15) is 0 Å².